The Hall–Kier alpha value is -3.55. The molecule has 2 aromatic heterocycles. The SMILES string of the molecule is C=Cn1nnc(-c2ccc(-c3ccc(N4C(=O)O[C@]5(CO)OP6(=O)OC45O6)cc3F)cn2)n1. The molecule has 6 heterocycles. The molecule has 4 aliphatic heterocycles. The zero-order valence-corrected chi connectivity index (χ0v) is 17.3. The molecule has 4 aliphatic rings. The third kappa shape index (κ3) is 2.60. The lowest BCUT2D eigenvalue weighted by molar-refractivity contribution is -0.259. The van der Waals surface area contributed by atoms with Gasteiger partial charge in [-0.25, -0.2) is 32.2 Å². The highest BCUT2D eigenvalue weighted by atomic mass is 31.2. The highest BCUT2D eigenvalue weighted by molar-refractivity contribution is 7.50. The number of pyridine rings is 1. The number of phosphoric ester groups is 1. The number of ether oxygens (including phenoxy) is 1. The van der Waals surface area contributed by atoms with Gasteiger partial charge >= 0.3 is 25.6 Å². The number of aliphatic hydroxyl groups is 1. The second kappa shape index (κ2) is 6.50. The van der Waals surface area contributed by atoms with Crippen LogP contribution in [-0.4, -0.2) is 54.7 Å². The Morgan fingerprint density at radius 2 is 2.06 bits per heavy atom. The molecule has 4 fully saturated rings. The Morgan fingerprint density at radius 3 is 2.70 bits per heavy atom. The first-order valence-corrected chi connectivity index (χ1v) is 10.8. The maximum atomic E-state index is 15.1. The molecule has 1 atom stereocenters. The van der Waals surface area contributed by atoms with Crippen molar-refractivity contribution in [3.63, 3.8) is 0 Å². The quantitative estimate of drug-likeness (QED) is 0.542. The number of halogens is 1. The van der Waals surface area contributed by atoms with E-state index in [1.54, 1.807) is 12.1 Å². The van der Waals surface area contributed by atoms with E-state index in [-0.39, 0.29) is 17.1 Å². The second-order valence-corrected chi connectivity index (χ2v) is 8.57. The van der Waals surface area contributed by atoms with Crippen LogP contribution in [0.25, 0.3) is 28.8 Å². The number of amides is 1. The van der Waals surface area contributed by atoms with Crippen LogP contribution in [0.5, 0.6) is 0 Å². The average Bonchev–Trinajstić information content (AvgIpc) is 3.47. The van der Waals surface area contributed by atoms with Crippen molar-refractivity contribution in [3.8, 4) is 22.6 Å². The number of hydrogen-bond donors (Lipinski definition) is 1. The van der Waals surface area contributed by atoms with Crippen molar-refractivity contribution in [1.82, 2.24) is 25.2 Å². The number of aliphatic hydroxyl groups excluding tert-OH is 1. The Bertz CT molecular complexity index is 1370. The molecule has 168 valence electrons. The third-order valence-electron chi connectivity index (χ3n) is 5.25. The van der Waals surface area contributed by atoms with E-state index in [4.69, 9.17) is 18.3 Å². The summed E-state index contributed by atoms with van der Waals surface area (Å²) < 4.78 is 47.6. The summed E-state index contributed by atoms with van der Waals surface area (Å²) in [5, 5.41) is 21.3. The van der Waals surface area contributed by atoms with Gasteiger partial charge < -0.3 is 9.84 Å². The Balaban J connectivity index is 1.32. The summed E-state index contributed by atoms with van der Waals surface area (Å²) >= 11 is 0. The summed E-state index contributed by atoms with van der Waals surface area (Å²) in [5.41, 5.74) is 1.02. The minimum Gasteiger partial charge on any atom is -0.405 e. The molecule has 33 heavy (non-hydrogen) atoms. The van der Waals surface area contributed by atoms with Gasteiger partial charge in [0.05, 0.1) is 5.69 Å². The summed E-state index contributed by atoms with van der Waals surface area (Å²) in [4.78, 5) is 18.7. The van der Waals surface area contributed by atoms with Gasteiger partial charge in [0, 0.05) is 23.5 Å². The van der Waals surface area contributed by atoms with Crippen LogP contribution in [0.4, 0.5) is 14.9 Å². The molecule has 0 unspecified atom stereocenters. The van der Waals surface area contributed by atoms with Gasteiger partial charge in [0.2, 0.25) is 5.82 Å². The molecule has 15 heteroatoms. The minimum atomic E-state index is -3.96. The van der Waals surface area contributed by atoms with Gasteiger partial charge in [-0.3, -0.25) is 4.98 Å². The number of rotatable bonds is 5. The van der Waals surface area contributed by atoms with E-state index in [2.05, 4.69) is 27.0 Å². The molecule has 13 nitrogen and oxygen atoms in total. The fourth-order valence-corrected chi connectivity index (χ4v) is 5.48. The molecule has 1 N–H and O–H groups in total. The summed E-state index contributed by atoms with van der Waals surface area (Å²) in [6.07, 6.45) is 1.77. The van der Waals surface area contributed by atoms with Crippen molar-refractivity contribution in [2.24, 2.45) is 0 Å². The first-order valence-electron chi connectivity index (χ1n) is 9.37. The molecular weight excluding hydrogens is 462 g/mol. The standard InChI is InChI=1S/C18H12FN6O7P/c1-2-24-22-15(21-23-24)14-6-3-10(8-20-14)12-5-4-11(7-13(12)19)25-16(27)29-17(9-26)18(25)31-33(28,30-17)32-18/h2-8,26H,1,9H2/t17-,18?,33?/m1/s1. The molecule has 1 aromatic carbocycles. The van der Waals surface area contributed by atoms with E-state index in [1.165, 1.54) is 29.3 Å². The smallest absolute Gasteiger partial charge is 0.405 e. The van der Waals surface area contributed by atoms with E-state index in [0.29, 0.717) is 11.3 Å². The van der Waals surface area contributed by atoms with Gasteiger partial charge in [0.25, 0.3) is 0 Å². The molecule has 1 amide bonds. The zero-order chi connectivity index (χ0) is 23.0. The van der Waals surface area contributed by atoms with Crippen LogP contribution in [0, 0.1) is 5.82 Å². The molecule has 3 aromatic rings. The number of benzene rings is 1. The Labute approximate surface area is 183 Å². The maximum absolute atomic E-state index is 15.1. The van der Waals surface area contributed by atoms with Crippen LogP contribution < -0.4 is 4.90 Å². The van der Waals surface area contributed by atoms with Crippen LogP contribution in [0.3, 0.4) is 0 Å². The second-order valence-electron chi connectivity index (χ2n) is 7.13. The van der Waals surface area contributed by atoms with Crippen molar-refractivity contribution in [1.29, 1.82) is 0 Å². The predicted octanol–water partition coefficient (Wildman–Crippen LogP) is 2.13. The fourth-order valence-electron chi connectivity index (χ4n) is 3.77. The number of carbonyl (C=O) groups is 1. The molecule has 7 rings (SSSR count). The molecular formula is C18H12FN6O7P. The molecule has 0 aliphatic carbocycles. The van der Waals surface area contributed by atoms with Crippen molar-refractivity contribution < 1.29 is 37.2 Å². The number of hydrogen-bond acceptors (Lipinski definition) is 11. The lowest BCUT2D eigenvalue weighted by Crippen LogP contribution is -2.61. The monoisotopic (exact) mass is 474 g/mol. The van der Waals surface area contributed by atoms with Gasteiger partial charge in [-0.05, 0) is 29.5 Å². The highest BCUT2D eigenvalue weighted by Crippen LogP contribution is 2.80. The van der Waals surface area contributed by atoms with Crippen molar-refractivity contribution in [2.45, 2.75) is 11.7 Å². The summed E-state index contributed by atoms with van der Waals surface area (Å²) in [5.74, 6) is -4.67. The average molecular weight is 474 g/mol. The largest absolute Gasteiger partial charge is 0.486 e. The van der Waals surface area contributed by atoms with E-state index >= 15 is 4.39 Å². The van der Waals surface area contributed by atoms with Crippen LogP contribution in [-0.2, 0) is 22.9 Å². The normalized spacial score (nSPS) is 29.5. The summed E-state index contributed by atoms with van der Waals surface area (Å²) in [7, 11) is -3.96. The number of tetrazole rings is 1. The molecule has 4 saturated heterocycles. The number of carbonyl (C=O) groups excluding carboxylic acids is 1. The topological polar surface area (TPSA) is 151 Å². The number of nitrogens with zero attached hydrogens (tertiary/aromatic N) is 6. The third-order valence-corrected chi connectivity index (χ3v) is 6.72. The van der Waals surface area contributed by atoms with Crippen molar-refractivity contribution >= 4 is 25.8 Å². The van der Waals surface area contributed by atoms with E-state index in [0.717, 1.165) is 11.0 Å². The fraction of sp³-hybridized carbons (Fsp3) is 0.167. The van der Waals surface area contributed by atoms with Crippen molar-refractivity contribution in [2.75, 3.05) is 11.5 Å². The molecule has 1 spiro atoms. The van der Waals surface area contributed by atoms with Crippen LogP contribution in [0.15, 0.2) is 43.1 Å². The van der Waals surface area contributed by atoms with Gasteiger partial charge in [-0.2, -0.15) is 0 Å². The first-order chi connectivity index (χ1) is 15.8. The van der Waals surface area contributed by atoms with Crippen molar-refractivity contribution in [3.05, 3.63) is 48.9 Å². The predicted molar refractivity (Wildman–Crippen MR) is 105 cm³/mol. The van der Waals surface area contributed by atoms with Gasteiger partial charge in [-0.15, -0.1) is 15.0 Å². The lowest BCUT2D eigenvalue weighted by atomic mass is 10.1. The van der Waals surface area contributed by atoms with Gasteiger partial charge in [-0.1, -0.05) is 12.6 Å². The van der Waals surface area contributed by atoms with Crippen LogP contribution in [0.2, 0.25) is 0 Å². The molecule has 0 radical (unpaired) electrons. The summed E-state index contributed by atoms with van der Waals surface area (Å²) in [6, 6.07) is 7.07. The van der Waals surface area contributed by atoms with Crippen LogP contribution in [0.1, 0.15) is 0 Å². The maximum Gasteiger partial charge on any atom is 0.486 e. The first kappa shape index (κ1) is 20.1. The Morgan fingerprint density at radius 1 is 1.24 bits per heavy atom. The van der Waals surface area contributed by atoms with Crippen LogP contribution >= 0.6 is 7.82 Å². The highest BCUT2D eigenvalue weighted by Gasteiger charge is 2.89. The van der Waals surface area contributed by atoms with E-state index < -0.39 is 38.0 Å². The lowest BCUT2D eigenvalue weighted by Gasteiger charge is -2.38. The number of aromatic nitrogens is 5. The number of anilines is 1. The van der Waals surface area contributed by atoms with E-state index in [9.17, 15) is 14.5 Å². The number of phosphoric acid groups is 1. The minimum absolute atomic E-state index is 0.0249. The van der Waals surface area contributed by atoms with Gasteiger partial charge in [0.15, 0.2) is 0 Å². The molecule has 0 saturated carbocycles. The Kier molecular flexibility index (Phi) is 3.95. The summed E-state index contributed by atoms with van der Waals surface area (Å²) in [6.45, 7) is 2.65. The van der Waals surface area contributed by atoms with Gasteiger partial charge in [0.1, 0.15) is 18.1 Å². The zero-order valence-electron chi connectivity index (χ0n) is 16.4. The molecule has 2 bridgehead atoms. The van der Waals surface area contributed by atoms with E-state index in [1.807, 2.05) is 0 Å².